The second kappa shape index (κ2) is 8.96. The molecule has 0 saturated carbocycles. The molecule has 0 saturated heterocycles. The van der Waals surface area contributed by atoms with Gasteiger partial charge in [-0.25, -0.2) is 5.43 Å². The first kappa shape index (κ1) is 19.3. The molecule has 2 N–H and O–H groups in total. The maximum absolute atomic E-state index is 12.2. The number of thiophene rings is 1. The van der Waals surface area contributed by atoms with Crippen molar-refractivity contribution >= 4 is 34.6 Å². The average Bonchev–Trinajstić information content (AvgIpc) is 3.27. The van der Waals surface area contributed by atoms with Gasteiger partial charge in [0, 0.05) is 11.3 Å². The molecule has 3 rings (SSSR count). The minimum Gasteiger partial charge on any atom is -0.497 e. The Morgan fingerprint density at radius 2 is 1.75 bits per heavy atom. The number of anilines is 1. The molecule has 1 aromatic heterocycles. The summed E-state index contributed by atoms with van der Waals surface area (Å²) in [6.07, 6.45) is 0. The van der Waals surface area contributed by atoms with E-state index >= 15 is 0 Å². The van der Waals surface area contributed by atoms with Gasteiger partial charge in [0.1, 0.15) is 5.75 Å². The maximum Gasteiger partial charge on any atom is 0.271 e. The van der Waals surface area contributed by atoms with E-state index in [1.165, 1.54) is 11.3 Å². The highest BCUT2D eigenvalue weighted by Gasteiger charge is 2.08. The first-order chi connectivity index (χ1) is 13.6. The fourth-order valence-corrected chi connectivity index (χ4v) is 3.04. The largest absolute Gasteiger partial charge is 0.497 e. The Kier molecular flexibility index (Phi) is 6.18. The molecule has 0 fully saturated rings. The number of nitrogens with zero attached hydrogens (tertiary/aromatic N) is 1. The van der Waals surface area contributed by atoms with Crippen molar-refractivity contribution in [3.05, 3.63) is 82.0 Å². The number of benzene rings is 2. The number of carbonyl (C=O) groups excluding carboxylic acids is 2. The van der Waals surface area contributed by atoms with Gasteiger partial charge in [-0.2, -0.15) is 5.10 Å². The molecule has 7 heteroatoms. The molecule has 1 heterocycles. The van der Waals surface area contributed by atoms with Crippen LogP contribution in [0.25, 0.3) is 0 Å². The van der Waals surface area contributed by atoms with Crippen LogP contribution in [0.3, 0.4) is 0 Å². The Balaban J connectivity index is 1.62. The fraction of sp³-hybridized carbons (Fsp3) is 0.0952. The van der Waals surface area contributed by atoms with Gasteiger partial charge in [-0.15, -0.1) is 11.3 Å². The van der Waals surface area contributed by atoms with Crippen molar-refractivity contribution in [2.24, 2.45) is 5.10 Å². The van der Waals surface area contributed by atoms with E-state index in [1.54, 1.807) is 56.5 Å². The van der Waals surface area contributed by atoms with E-state index in [1.807, 2.05) is 23.6 Å². The summed E-state index contributed by atoms with van der Waals surface area (Å²) < 4.78 is 5.12. The number of hydrogen-bond donors (Lipinski definition) is 2. The zero-order valence-corrected chi connectivity index (χ0v) is 16.2. The smallest absolute Gasteiger partial charge is 0.271 e. The second-order valence-corrected chi connectivity index (χ2v) is 6.83. The van der Waals surface area contributed by atoms with E-state index in [4.69, 9.17) is 4.74 Å². The van der Waals surface area contributed by atoms with Crippen molar-refractivity contribution in [1.29, 1.82) is 0 Å². The van der Waals surface area contributed by atoms with E-state index in [2.05, 4.69) is 15.8 Å². The molecular formula is C21H19N3O3S. The average molecular weight is 393 g/mol. The summed E-state index contributed by atoms with van der Waals surface area (Å²) >= 11 is 1.39. The summed E-state index contributed by atoms with van der Waals surface area (Å²) in [5.74, 6) is 0.144. The van der Waals surface area contributed by atoms with Crippen LogP contribution in [-0.4, -0.2) is 24.6 Å². The van der Waals surface area contributed by atoms with Gasteiger partial charge in [0.15, 0.2) is 0 Å². The molecule has 0 spiro atoms. The first-order valence-electron chi connectivity index (χ1n) is 8.51. The lowest BCUT2D eigenvalue weighted by molar-refractivity contribution is 0.0953. The topological polar surface area (TPSA) is 79.8 Å². The highest BCUT2D eigenvalue weighted by molar-refractivity contribution is 7.12. The molecule has 0 aliphatic rings. The van der Waals surface area contributed by atoms with Gasteiger partial charge in [0.25, 0.3) is 11.8 Å². The molecule has 0 bridgehead atoms. The number of methoxy groups -OCH3 is 1. The summed E-state index contributed by atoms with van der Waals surface area (Å²) in [4.78, 5) is 24.9. The highest BCUT2D eigenvalue weighted by atomic mass is 32.1. The lowest BCUT2D eigenvalue weighted by Gasteiger charge is -2.07. The predicted molar refractivity (Wildman–Crippen MR) is 111 cm³/mol. The standard InChI is InChI=1S/C21H19N3O3S/c1-14(23-24-20(25)16-5-3-6-18(13-16)27-2)15-8-10-17(11-9-15)22-21(26)19-7-4-12-28-19/h3-13H,1-2H3,(H,22,26)(H,24,25)/b23-14+. The monoisotopic (exact) mass is 393 g/mol. The van der Waals surface area contributed by atoms with E-state index in [0.29, 0.717) is 27.6 Å². The van der Waals surface area contributed by atoms with E-state index in [-0.39, 0.29) is 11.8 Å². The number of amides is 2. The van der Waals surface area contributed by atoms with E-state index in [0.717, 1.165) is 5.56 Å². The quantitative estimate of drug-likeness (QED) is 0.487. The molecule has 0 aliphatic carbocycles. The number of hydrogen-bond acceptors (Lipinski definition) is 5. The third-order valence-electron chi connectivity index (χ3n) is 3.96. The van der Waals surface area contributed by atoms with Crippen molar-refractivity contribution in [3.63, 3.8) is 0 Å². The van der Waals surface area contributed by atoms with Gasteiger partial charge in [-0.1, -0.05) is 24.3 Å². The van der Waals surface area contributed by atoms with Crippen LogP contribution in [-0.2, 0) is 0 Å². The van der Waals surface area contributed by atoms with Gasteiger partial charge in [-0.05, 0) is 54.3 Å². The van der Waals surface area contributed by atoms with Gasteiger partial charge in [0.05, 0.1) is 17.7 Å². The van der Waals surface area contributed by atoms with Crippen molar-refractivity contribution in [2.75, 3.05) is 12.4 Å². The third-order valence-corrected chi connectivity index (χ3v) is 4.83. The van der Waals surface area contributed by atoms with Crippen LogP contribution < -0.4 is 15.5 Å². The normalized spacial score (nSPS) is 11.0. The van der Waals surface area contributed by atoms with Crippen molar-refractivity contribution in [1.82, 2.24) is 5.43 Å². The van der Waals surface area contributed by atoms with Crippen LogP contribution in [0, 0.1) is 0 Å². The number of ether oxygens (including phenoxy) is 1. The Morgan fingerprint density at radius 1 is 0.964 bits per heavy atom. The van der Waals surface area contributed by atoms with Gasteiger partial charge in [0.2, 0.25) is 0 Å². The molecule has 2 amide bonds. The minimum atomic E-state index is -0.321. The van der Waals surface area contributed by atoms with Crippen LogP contribution >= 0.6 is 11.3 Å². The number of hydrazone groups is 1. The highest BCUT2D eigenvalue weighted by Crippen LogP contribution is 2.15. The molecule has 28 heavy (non-hydrogen) atoms. The second-order valence-electron chi connectivity index (χ2n) is 5.88. The fourth-order valence-electron chi connectivity index (χ4n) is 2.42. The zero-order valence-electron chi connectivity index (χ0n) is 15.4. The summed E-state index contributed by atoms with van der Waals surface area (Å²) in [5.41, 5.74) is 5.17. The number of nitrogens with one attached hydrogen (secondary N) is 2. The van der Waals surface area contributed by atoms with Crippen molar-refractivity contribution in [2.45, 2.75) is 6.92 Å². The van der Waals surface area contributed by atoms with Crippen molar-refractivity contribution < 1.29 is 14.3 Å². The van der Waals surface area contributed by atoms with Gasteiger partial charge >= 0.3 is 0 Å². The van der Waals surface area contributed by atoms with Crippen LogP contribution in [0.4, 0.5) is 5.69 Å². The number of carbonyl (C=O) groups is 2. The predicted octanol–water partition coefficient (Wildman–Crippen LogP) is 4.16. The number of rotatable bonds is 6. The summed E-state index contributed by atoms with van der Waals surface area (Å²) in [6.45, 7) is 1.80. The first-order valence-corrected chi connectivity index (χ1v) is 9.39. The summed E-state index contributed by atoms with van der Waals surface area (Å²) in [5, 5.41) is 8.85. The summed E-state index contributed by atoms with van der Waals surface area (Å²) in [6, 6.07) is 17.7. The molecule has 2 aromatic carbocycles. The minimum absolute atomic E-state index is 0.140. The Hall–Kier alpha value is -3.45. The Bertz CT molecular complexity index is 996. The third kappa shape index (κ3) is 4.83. The van der Waals surface area contributed by atoms with Crippen LogP contribution in [0.15, 0.2) is 71.1 Å². The maximum atomic E-state index is 12.2. The van der Waals surface area contributed by atoms with Crippen LogP contribution in [0.2, 0.25) is 0 Å². The molecule has 6 nitrogen and oxygen atoms in total. The summed E-state index contributed by atoms with van der Waals surface area (Å²) in [7, 11) is 1.55. The van der Waals surface area contributed by atoms with Crippen LogP contribution in [0.5, 0.6) is 5.75 Å². The SMILES string of the molecule is COc1cccc(C(=O)N/N=C(\C)c2ccc(NC(=O)c3cccs3)cc2)c1. The van der Waals surface area contributed by atoms with Crippen molar-refractivity contribution in [3.8, 4) is 5.75 Å². The van der Waals surface area contributed by atoms with Gasteiger partial charge < -0.3 is 10.1 Å². The van der Waals surface area contributed by atoms with E-state index < -0.39 is 0 Å². The Labute approximate surface area is 166 Å². The lowest BCUT2D eigenvalue weighted by Crippen LogP contribution is -2.19. The van der Waals surface area contributed by atoms with Gasteiger partial charge in [-0.3, -0.25) is 9.59 Å². The molecule has 0 atom stereocenters. The lowest BCUT2D eigenvalue weighted by atomic mass is 10.1. The molecule has 3 aromatic rings. The molecule has 0 unspecified atom stereocenters. The molecule has 142 valence electrons. The zero-order chi connectivity index (χ0) is 19.9. The molecule has 0 radical (unpaired) electrons. The Morgan fingerprint density at radius 3 is 2.43 bits per heavy atom. The molecular weight excluding hydrogens is 374 g/mol. The molecule has 0 aliphatic heterocycles. The van der Waals surface area contributed by atoms with E-state index in [9.17, 15) is 9.59 Å². The van der Waals surface area contributed by atoms with Crippen LogP contribution in [0.1, 0.15) is 32.5 Å².